The third-order valence-corrected chi connectivity index (χ3v) is 3.42. The molecule has 1 N–H and O–H groups in total. The van der Waals surface area contributed by atoms with E-state index in [1.54, 1.807) is 24.4 Å². The molecule has 2 heterocycles. The topological polar surface area (TPSA) is 94.2 Å². The molecule has 0 aliphatic heterocycles. The number of ether oxygens (including phenoxy) is 1. The predicted molar refractivity (Wildman–Crippen MR) is 81.3 cm³/mol. The lowest BCUT2D eigenvalue weighted by atomic mass is 10.2. The van der Waals surface area contributed by atoms with Gasteiger partial charge in [0, 0.05) is 6.20 Å². The fraction of sp³-hybridized carbons (Fsp3) is 0.143. The highest BCUT2D eigenvalue weighted by Gasteiger charge is 2.18. The van der Waals surface area contributed by atoms with E-state index in [2.05, 4.69) is 15.0 Å². The van der Waals surface area contributed by atoms with Gasteiger partial charge in [-0.15, -0.1) is 0 Å². The fourth-order valence-electron chi connectivity index (χ4n) is 2.11. The molecule has 0 amide bonds. The zero-order valence-electron chi connectivity index (χ0n) is 11.9. The number of pyridine rings is 1. The van der Waals surface area contributed by atoms with Crippen LogP contribution < -0.4 is 8.92 Å². The first-order valence-electron chi connectivity index (χ1n) is 6.35. The van der Waals surface area contributed by atoms with Gasteiger partial charge in [0.15, 0.2) is 17.1 Å². The van der Waals surface area contributed by atoms with Gasteiger partial charge in [-0.1, -0.05) is 6.07 Å². The number of benzene rings is 1. The minimum absolute atomic E-state index is 0.107. The molecule has 0 unspecified atom stereocenters. The van der Waals surface area contributed by atoms with E-state index in [-0.39, 0.29) is 11.5 Å². The summed E-state index contributed by atoms with van der Waals surface area (Å²) in [5.74, 6) is 0.910. The molecule has 0 atom stereocenters. The van der Waals surface area contributed by atoms with Crippen molar-refractivity contribution in [1.82, 2.24) is 15.0 Å². The Bertz CT molecular complexity index is 901. The quantitative estimate of drug-likeness (QED) is 0.739. The van der Waals surface area contributed by atoms with Crippen LogP contribution in [0.1, 0.15) is 0 Å². The third kappa shape index (κ3) is 2.73. The third-order valence-electron chi connectivity index (χ3n) is 2.94. The molecule has 0 aliphatic carbocycles. The largest absolute Gasteiger partial charge is 0.492 e. The average Bonchev–Trinajstić information content (AvgIpc) is 2.89. The number of H-pyrrole nitrogens is 1. The Labute approximate surface area is 127 Å². The normalized spacial score (nSPS) is 11.5. The number of imidazole rings is 1. The first kappa shape index (κ1) is 14.3. The Kier molecular flexibility index (Phi) is 3.45. The second-order valence-electron chi connectivity index (χ2n) is 4.58. The summed E-state index contributed by atoms with van der Waals surface area (Å²) < 4.78 is 32.9. The Morgan fingerprint density at radius 2 is 2.00 bits per heavy atom. The van der Waals surface area contributed by atoms with Crippen molar-refractivity contribution in [3.05, 3.63) is 36.5 Å². The smallest absolute Gasteiger partial charge is 0.306 e. The van der Waals surface area contributed by atoms with Crippen LogP contribution in [0.2, 0.25) is 0 Å². The molecule has 0 saturated carbocycles. The minimum Gasteiger partial charge on any atom is -0.492 e. The number of aromatic nitrogens is 3. The van der Waals surface area contributed by atoms with Gasteiger partial charge in [-0.2, -0.15) is 8.42 Å². The van der Waals surface area contributed by atoms with E-state index >= 15 is 0 Å². The molecular formula is C14H13N3O4S. The van der Waals surface area contributed by atoms with Crippen LogP contribution in [-0.4, -0.2) is 36.7 Å². The number of hydrogen-bond acceptors (Lipinski definition) is 6. The lowest BCUT2D eigenvalue weighted by molar-refractivity contribution is 0.393. The Morgan fingerprint density at radius 1 is 1.18 bits per heavy atom. The monoisotopic (exact) mass is 319 g/mol. The van der Waals surface area contributed by atoms with E-state index in [1.165, 1.54) is 13.2 Å². The number of rotatable bonds is 4. The molecule has 114 valence electrons. The van der Waals surface area contributed by atoms with Gasteiger partial charge in [0.25, 0.3) is 0 Å². The molecule has 3 rings (SSSR count). The molecule has 0 fully saturated rings. The second-order valence-corrected chi connectivity index (χ2v) is 6.16. The second kappa shape index (κ2) is 5.30. The van der Waals surface area contributed by atoms with Crippen molar-refractivity contribution in [1.29, 1.82) is 0 Å². The first-order chi connectivity index (χ1) is 10.5. The molecule has 0 saturated heterocycles. The van der Waals surface area contributed by atoms with Crippen molar-refractivity contribution in [3.8, 4) is 22.9 Å². The van der Waals surface area contributed by atoms with Gasteiger partial charge >= 0.3 is 10.1 Å². The number of nitrogens with zero attached hydrogens (tertiary/aromatic N) is 2. The van der Waals surface area contributed by atoms with Gasteiger partial charge < -0.3 is 13.9 Å². The number of para-hydroxylation sites is 1. The summed E-state index contributed by atoms with van der Waals surface area (Å²) >= 11 is 0. The van der Waals surface area contributed by atoms with E-state index in [0.717, 1.165) is 11.8 Å². The average molecular weight is 319 g/mol. The lowest BCUT2D eigenvalue weighted by Gasteiger charge is -2.11. The summed E-state index contributed by atoms with van der Waals surface area (Å²) in [4.78, 5) is 11.6. The van der Waals surface area contributed by atoms with E-state index in [0.29, 0.717) is 17.0 Å². The van der Waals surface area contributed by atoms with Gasteiger partial charge in [-0.3, -0.25) is 0 Å². The first-order valence-corrected chi connectivity index (χ1v) is 8.17. The van der Waals surface area contributed by atoms with Gasteiger partial charge in [0.1, 0.15) is 5.82 Å². The minimum atomic E-state index is -3.66. The molecule has 1 aromatic carbocycles. The van der Waals surface area contributed by atoms with Crippen molar-refractivity contribution in [3.63, 3.8) is 0 Å². The van der Waals surface area contributed by atoms with Crippen molar-refractivity contribution in [2.24, 2.45) is 0 Å². The Morgan fingerprint density at radius 3 is 2.68 bits per heavy atom. The maximum Gasteiger partial charge on any atom is 0.306 e. The number of fused-ring (bicyclic) bond motifs is 1. The standard InChI is InChI=1S/C14H13N3O4S/c1-20-12-9(5-3-7-11(12)21-22(2,18)19)13-16-10-6-4-8-15-14(10)17-13/h3-8H,1-2H3,(H,15,16,17). The summed E-state index contributed by atoms with van der Waals surface area (Å²) in [5.41, 5.74) is 1.92. The van der Waals surface area contributed by atoms with Gasteiger partial charge in [-0.25, -0.2) is 9.97 Å². The van der Waals surface area contributed by atoms with Crippen molar-refractivity contribution in [2.45, 2.75) is 0 Å². The molecule has 0 bridgehead atoms. The number of nitrogens with one attached hydrogen (secondary N) is 1. The summed E-state index contributed by atoms with van der Waals surface area (Å²) in [6, 6.07) is 8.59. The lowest BCUT2D eigenvalue weighted by Crippen LogP contribution is -2.07. The van der Waals surface area contributed by atoms with Gasteiger partial charge in [-0.05, 0) is 24.3 Å². The van der Waals surface area contributed by atoms with Crippen LogP contribution in [0.15, 0.2) is 36.5 Å². The highest BCUT2D eigenvalue weighted by atomic mass is 32.2. The Hall–Kier alpha value is -2.61. The SMILES string of the molecule is COc1c(OS(C)(=O)=O)cccc1-c1nc2ncccc2[nH]1. The molecule has 2 aromatic heterocycles. The van der Waals surface area contributed by atoms with Gasteiger partial charge in [0.2, 0.25) is 0 Å². The van der Waals surface area contributed by atoms with Crippen LogP contribution in [0.4, 0.5) is 0 Å². The van der Waals surface area contributed by atoms with Crippen LogP contribution in [-0.2, 0) is 10.1 Å². The van der Waals surface area contributed by atoms with Crippen molar-refractivity contribution >= 4 is 21.3 Å². The maximum absolute atomic E-state index is 11.3. The number of hydrogen-bond donors (Lipinski definition) is 1. The molecule has 22 heavy (non-hydrogen) atoms. The molecule has 0 radical (unpaired) electrons. The Balaban J connectivity index is 2.15. The zero-order valence-corrected chi connectivity index (χ0v) is 12.7. The van der Waals surface area contributed by atoms with E-state index in [4.69, 9.17) is 8.92 Å². The summed E-state index contributed by atoms with van der Waals surface area (Å²) in [5, 5.41) is 0. The predicted octanol–water partition coefficient (Wildman–Crippen LogP) is 1.97. The van der Waals surface area contributed by atoms with Crippen LogP contribution >= 0.6 is 0 Å². The zero-order chi connectivity index (χ0) is 15.7. The molecule has 7 nitrogen and oxygen atoms in total. The maximum atomic E-state index is 11.3. The van der Waals surface area contributed by atoms with Crippen LogP contribution in [0.25, 0.3) is 22.6 Å². The highest BCUT2D eigenvalue weighted by molar-refractivity contribution is 7.86. The molecule has 3 aromatic rings. The van der Waals surface area contributed by atoms with Crippen LogP contribution in [0, 0.1) is 0 Å². The van der Waals surface area contributed by atoms with Gasteiger partial charge in [0.05, 0.1) is 24.4 Å². The van der Waals surface area contributed by atoms with Crippen LogP contribution in [0.3, 0.4) is 0 Å². The van der Waals surface area contributed by atoms with Crippen LogP contribution in [0.5, 0.6) is 11.5 Å². The summed E-state index contributed by atoms with van der Waals surface area (Å²) in [7, 11) is -2.22. The molecule has 0 spiro atoms. The fourth-order valence-corrected chi connectivity index (χ4v) is 2.57. The van der Waals surface area contributed by atoms with E-state index in [1.807, 2.05) is 6.07 Å². The molecule has 0 aliphatic rings. The number of methoxy groups -OCH3 is 1. The summed E-state index contributed by atoms with van der Waals surface area (Å²) in [6.07, 6.45) is 2.62. The summed E-state index contributed by atoms with van der Waals surface area (Å²) in [6.45, 7) is 0. The number of aromatic amines is 1. The molecule has 8 heteroatoms. The van der Waals surface area contributed by atoms with Crippen molar-refractivity contribution < 1.29 is 17.3 Å². The van der Waals surface area contributed by atoms with Crippen molar-refractivity contribution in [2.75, 3.05) is 13.4 Å². The van der Waals surface area contributed by atoms with E-state index < -0.39 is 10.1 Å². The molecular weight excluding hydrogens is 306 g/mol. The van der Waals surface area contributed by atoms with E-state index in [9.17, 15) is 8.42 Å². The highest BCUT2D eigenvalue weighted by Crippen LogP contribution is 2.37.